The first-order valence-corrected chi connectivity index (χ1v) is 6.72. The van der Waals surface area contributed by atoms with Gasteiger partial charge in [-0.05, 0) is 26.7 Å². The second-order valence-electron chi connectivity index (χ2n) is 5.95. The van der Waals surface area contributed by atoms with Crippen LogP contribution in [0.15, 0.2) is 0 Å². The standard InChI is InChI=1S/C13H26N2O/c1-12(6-4-3-5-7-12)15-8-9-16-13(2)10-14-11-13/h14-15H,3-11H2,1-2H3. The minimum atomic E-state index is 0.106. The highest BCUT2D eigenvalue weighted by atomic mass is 16.5. The summed E-state index contributed by atoms with van der Waals surface area (Å²) < 4.78 is 5.88. The number of hydrogen-bond acceptors (Lipinski definition) is 3. The maximum absolute atomic E-state index is 5.88. The molecule has 1 aliphatic carbocycles. The van der Waals surface area contributed by atoms with Crippen LogP contribution in [0.4, 0.5) is 0 Å². The van der Waals surface area contributed by atoms with Gasteiger partial charge in [-0.15, -0.1) is 0 Å². The van der Waals surface area contributed by atoms with Gasteiger partial charge in [0.2, 0.25) is 0 Å². The summed E-state index contributed by atoms with van der Waals surface area (Å²) in [6, 6.07) is 0. The highest BCUT2D eigenvalue weighted by Crippen LogP contribution is 2.27. The largest absolute Gasteiger partial charge is 0.371 e. The van der Waals surface area contributed by atoms with E-state index < -0.39 is 0 Å². The van der Waals surface area contributed by atoms with E-state index in [1.165, 1.54) is 32.1 Å². The van der Waals surface area contributed by atoms with Gasteiger partial charge in [-0.3, -0.25) is 0 Å². The van der Waals surface area contributed by atoms with Gasteiger partial charge in [0.05, 0.1) is 12.2 Å². The summed E-state index contributed by atoms with van der Waals surface area (Å²) in [6.45, 7) is 8.39. The zero-order valence-electron chi connectivity index (χ0n) is 10.8. The quantitative estimate of drug-likeness (QED) is 0.700. The van der Waals surface area contributed by atoms with Gasteiger partial charge in [0, 0.05) is 25.2 Å². The smallest absolute Gasteiger partial charge is 0.0902 e. The zero-order chi connectivity index (χ0) is 11.5. The lowest BCUT2D eigenvalue weighted by atomic mass is 9.83. The first kappa shape index (κ1) is 12.3. The van der Waals surface area contributed by atoms with Gasteiger partial charge in [0.1, 0.15) is 0 Å². The molecule has 2 fully saturated rings. The summed E-state index contributed by atoms with van der Waals surface area (Å²) in [4.78, 5) is 0. The average Bonchev–Trinajstić information content (AvgIpc) is 2.23. The van der Waals surface area contributed by atoms with E-state index in [-0.39, 0.29) is 5.60 Å². The molecule has 1 saturated carbocycles. The first-order valence-electron chi connectivity index (χ1n) is 6.72. The fraction of sp³-hybridized carbons (Fsp3) is 1.00. The second-order valence-corrected chi connectivity index (χ2v) is 5.95. The molecule has 0 bridgehead atoms. The molecule has 2 aliphatic rings. The topological polar surface area (TPSA) is 33.3 Å². The van der Waals surface area contributed by atoms with Crippen LogP contribution in [0.1, 0.15) is 46.0 Å². The fourth-order valence-corrected chi connectivity index (χ4v) is 2.74. The van der Waals surface area contributed by atoms with Crippen molar-refractivity contribution >= 4 is 0 Å². The van der Waals surface area contributed by atoms with Crippen LogP contribution in [-0.2, 0) is 4.74 Å². The molecule has 0 atom stereocenters. The monoisotopic (exact) mass is 226 g/mol. The van der Waals surface area contributed by atoms with Crippen LogP contribution in [0, 0.1) is 0 Å². The van der Waals surface area contributed by atoms with Crippen LogP contribution < -0.4 is 10.6 Å². The van der Waals surface area contributed by atoms with Crippen molar-refractivity contribution in [2.45, 2.75) is 57.1 Å². The molecule has 94 valence electrons. The van der Waals surface area contributed by atoms with E-state index in [0.717, 1.165) is 26.2 Å². The highest BCUT2D eigenvalue weighted by Gasteiger charge is 2.32. The normalized spacial score (nSPS) is 27.4. The third kappa shape index (κ3) is 3.19. The molecule has 2 N–H and O–H groups in total. The van der Waals surface area contributed by atoms with Crippen LogP contribution in [0.25, 0.3) is 0 Å². The lowest BCUT2D eigenvalue weighted by Crippen LogP contribution is -2.59. The number of nitrogens with one attached hydrogen (secondary N) is 2. The van der Waals surface area contributed by atoms with Crippen molar-refractivity contribution < 1.29 is 4.74 Å². The van der Waals surface area contributed by atoms with Crippen molar-refractivity contribution in [3.63, 3.8) is 0 Å². The molecule has 0 spiro atoms. The fourth-order valence-electron chi connectivity index (χ4n) is 2.74. The zero-order valence-corrected chi connectivity index (χ0v) is 10.8. The van der Waals surface area contributed by atoms with Crippen molar-refractivity contribution in [2.75, 3.05) is 26.2 Å². The second kappa shape index (κ2) is 5.03. The summed E-state index contributed by atoms with van der Waals surface area (Å²) in [6.07, 6.45) is 6.83. The predicted molar refractivity (Wildman–Crippen MR) is 66.7 cm³/mol. The summed E-state index contributed by atoms with van der Waals surface area (Å²) in [5, 5.41) is 6.93. The maximum atomic E-state index is 5.88. The Morgan fingerprint density at radius 3 is 2.38 bits per heavy atom. The number of ether oxygens (including phenoxy) is 1. The van der Waals surface area contributed by atoms with E-state index in [4.69, 9.17) is 4.74 Å². The summed E-state index contributed by atoms with van der Waals surface area (Å²) >= 11 is 0. The maximum Gasteiger partial charge on any atom is 0.0902 e. The van der Waals surface area contributed by atoms with E-state index in [1.54, 1.807) is 0 Å². The minimum absolute atomic E-state index is 0.106. The van der Waals surface area contributed by atoms with E-state index in [1.807, 2.05) is 0 Å². The molecule has 3 heteroatoms. The lowest BCUT2D eigenvalue weighted by molar-refractivity contribution is -0.0664. The van der Waals surface area contributed by atoms with Gasteiger partial charge in [0.25, 0.3) is 0 Å². The van der Waals surface area contributed by atoms with E-state index in [0.29, 0.717) is 5.54 Å². The Bertz CT molecular complexity index is 220. The Morgan fingerprint density at radius 1 is 1.12 bits per heavy atom. The van der Waals surface area contributed by atoms with E-state index in [2.05, 4.69) is 24.5 Å². The average molecular weight is 226 g/mol. The van der Waals surface area contributed by atoms with Crippen molar-refractivity contribution in [2.24, 2.45) is 0 Å². The number of hydrogen-bond donors (Lipinski definition) is 2. The Morgan fingerprint density at radius 2 is 1.81 bits per heavy atom. The van der Waals surface area contributed by atoms with Crippen LogP contribution in [-0.4, -0.2) is 37.4 Å². The molecule has 3 nitrogen and oxygen atoms in total. The molecule has 0 unspecified atom stereocenters. The third-order valence-electron chi connectivity index (χ3n) is 4.06. The van der Waals surface area contributed by atoms with E-state index >= 15 is 0 Å². The summed E-state index contributed by atoms with van der Waals surface area (Å²) in [5.74, 6) is 0. The molecule has 2 rings (SSSR count). The first-order chi connectivity index (χ1) is 7.62. The lowest BCUT2D eigenvalue weighted by Gasteiger charge is -2.40. The minimum Gasteiger partial charge on any atom is -0.371 e. The molecule has 1 saturated heterocycles. The molecule has 16 heavy (non-hydrogen) atoms. The molecule has 1 aliphatic heterocycles. The van der Waals surface area contributed by atoms with Crippen LogP contribution in [0.3, 0.4) is 0 Å². The third-order valence-corrected chi connectivity index (χ3v) is 4.06. The Hall–Kier alpha value is -0.120. The van der Waals surface area contributed by atoms with Gasteiger partial charge < -0.3 is 15.4 Å². The Labute approximate surface area is 99.3 Å². The summed E-state index contributed by atoms with van der Waals surface area (Å²) in [7, 11) is 0. The molecular weight excluding hydrogens is 200 g/mol. The molecule has 0 amide bonds. The van der Waals surface area contributed by atoms with Crippen LogP contribution >= 0.6 is 0 Å². The molecule has 0 aromatic heterocycles. The van der Waals surface area contributed by atoms with E-state index in [9.17, 15) is 0 Å². The van der Waals surface area contributed by atoms with Crippen molar-refractivity contribution in [3.8, 4) is 0 Å². The van der Waals surface area contributed by atoms with Gasteiger partial charge in [0.15, 0.2) is 0 Å². The predicted octanol–water partition coefficient (Wildman–Crippen LogP) is 1.68. The molecule has 1 heterocycles. The highest BCUT2D eigenvalue weighted by molar-refractivity contribution is 4.90. The molecule has 0 radical (unpaired) electrons. The van der Waals surface area contributed by atoms with Gasteiger partial charge in [-0.2, -0.15) is 0 Å². The Kier molecular flexibility index (Phi) is 3.88. The van der Waals surface area contributed by atoms with Gasteiger partial charge >= 0.3 is 0 Å². The SMILES string of the molecule is CC1(NCCOC2(C)CNC2)CCCCC1. The molecule has 0 aromatic carbocycles. The van der Waals surface area contributed by atoms with Crippen molar-refractivity contribution in [1.29, 1.82) is 0 Å². The van der Waals surface area contributed by atoms with Crippen molar-refractivity contribution in [3.05, 3.63) is 0 Å². The van der Waals surface area contributed by atoms with Gasteiger partial charge in [-0.1, -0.05) is 19.3 Å². The Balaban J connectivity index is 1.59. The van der Waals surface area contributed by atoms with Crippen molar-refractivity contribution in [1.82, 2.24) is 10.6 Å². The summed E-state index contributed by atoms with van der Waals surface area (Å²) in [5.41, 5.74) is 0.482. The molecular formula is C13H26N2O. The number of rotatable bonds is 5. The van der Waals surface area contributed by atoms with Crippen LogP contribution in [0.2, 0.25) is 0 Å². The van der Waals surface area contributed by atoms with Gasteiger partial charge in [-0.25, -0.2) is 0 Å². The molecule has 0 aromatic rings. The van der Waals surface area contributed by atoms with Crippen LogP contribution in [0.5, 0.6) is 0 Å².